The molecular formula is C14H18N4O. The predicted octanol–water partition coefficient (Wildman–Crippen LogP) is 2.44. The van der Waals surface area contributed by atoms with Gasteiger partial charge in [-0.2, -0.15) is 0 Å². The molecule has 0 radical (unpaired) electrons. The highest BCUT2D eigenvalue weighted by Gasteiger charge is 2.12. The smallest absolute Gasteiger partial charge is 0.154 e. The molecule has 100 valence electrons. The van der Waals surface area contributed by atoms with Crippen LogP contribution in [0.2, 0.25) is 0 Å². The Morgan fingerprint density at radius 2 is 1.84 bits per heavy atom. The summed E-state index contributed by atoms with van der Waals surface area (Å²) in [6.07, 6.45) is 0. The minimum atomic E-state index is 0.350. The highest BCUT2D eigenvalue weighted by molar-refractivity contribution is 5.76. The summed E-state index contributed by atoms with van der Waals surface area (Å²) in [5.41, 5.74) is 14.4. The number of anilines is 2. The van der Waals surface area contributed by atoms with E-state index in [1.807, 2.05) is 12.1 Å². The lowest BCUT2D eigenvalue weighted by Crippen LogP contribution is -2.01. The molecule has 0 aliphatic rings. The van der Waals surface area contributed by atoms with Crippen LogP contribution < -0.4 is 16.2 Å². The first-order chi connectivity index (χ1) is 9.02. The molecule has 0 fully saturated rings. The number of benzene rings is 1. The molecule has 4 N–H and O–H groups in total. The molecule has 0 saturated heterocycles. The summed E-state index contributed by atoms with van der Waals surface area (Å²) in [6.45, 7) is 4.23. The zero-order chi connectivity index (χ0) is 14.0. The number of nitrogens with zero attached hydrogens (tertiary/aromatic N) is 2. The van der Waals surface area contributed by atoms with Gasteiger partial charge in [-0.15, -0.1) is 10.2 Å². The van der Waals surface area contributed by atoms with E-state index >= 15 is 0 Å². The highest BCUT2D eigenvalue weighted by Crippen LogP contribution is 2.33. The lowest BCUT2D eigenvalue weighted by Gasteiger charge is -2.14. The maximum Gasteiger partial charge on any atom is 0.154 e. The molecule has 2 rings (SSSR count). The van der Waals surface area contributed by atoms with Crippen molar-refractivity contribution in [2.75, 3.05) is 18.6 Å². The van der Waals surface area contributed by atoms with Gasteiger partial charge in [0.2, 0.25) is 0 Å². The van der Waals surface area contributed by atoms with Gasteiger partial charge in [-0.05, 0) is 35.2 Å². The van der Waals surface area contributed by atoms with Gasteiger partial charge >= 0.3 is 0 Å². The van der Waals surface area contributed by atoms with Crippen molar-refractivity contribution in [1.82, 2.24) is 10.2 Å². The van der Waals surface area contributed by atoms with Crippen LogP contribution in [0.15, 0.2) is 24.3 Å². The molecule has 5 nitrogen and oxygen atoms in total. The van der Waals surface area contributed by atoms with Crippen LogP contribution in [0.4, 0.5) is 11.6 Å². The molecule has 0 bridgehead atoms. The summed E-state index contributed by atoms with van der Waals surface area (Å²) in [5.74, 6) is 1.94. The largest absolute Gasteiger partial charge is 0.496 e. The average molecular weight is 258 g/mol. The maximum absolute atomic E-state index is 5.86. The van der Waals surface area contributed by atoms with Crippen LogP contribution in [0, 0.1) is 0 Å². The van der Waals surface area contributed by atoms with E-state index in [1.54, 1.807) is 13.2 Å². The first kappa shape index (κ1) is 13.1. The van der Waals surface area contributed by atoms with Crippen LogP contribution >= 0.6 is 0 Å². The normalized spacial score (nSPS) is 10.7. The topological polar surface area (TPSA) is 87.0 Å². The van der Waals surface area contributed by atoms with Crippen LogP contribution in [0.3, 0.4) is 0 Å². The zero-order valence-corrected chi connectivity index (χ0v) is 11.3. The standard InChI is InChI=1S/C14H18N4O/c1-8(2)10-6-9(4-5-12(10)19-3)11-7-13(15)17-18-14(11)16/h4-8H,1-3H3,(H2,15,17)(H2,16,18). The van der Waals surface area contributed by atoms with Crippen molar-refractivity contribution < 1.29 is 4.74 Å². The van der Waals surface area contributed by atoms with E-state index in [4.69, 9.17) is 16.2 Å². The van der Waals surface area contributed by atoms with E-state index in [2.05, 4.69) is 30.1 Å². The molecule has 19 heavy (non-hydrogen) atoms. The lowest BCUT2D eigenvalue weighted by atomic mass is 9.96. The second kappa shape index (κ2) is 5.14. The summed E-state index contributed by atoms with van der Waals surface area (Å²) in [5, 5.41) is 7.58. The molecule has 1 heterocycles. The lowest BCUT2D eigenvalue weighted by molar-refractivity contribution is 0.407. The van der Waals surface area contributed by atoms with E-state index in [1.165, 1.54) is 0 Å². The number of methoxy groups -OCH3 is 1. The molecule has 0 aliphatic heterocycles. The molecule has 0 unspecified atom stereocenters. The number of hydrogen-bond donors (Lipinski definition) is 2. The van der Waals surface area contributed by atoms with Crippen LogP contribution in [0.25, 0.3) is 11.1 Å². The van der Waals surface area contributed by atoms with Crippen molar-refractivity contribution in [2.45, 2.75) is 19.8 Å². The highest BCUT2D eigenvalue weighted by atomic mass is 16.5. The van der Waals surface area contributed by atoms with Crippen molar-refractivity contribution in [3.63, 3.8) is 0 Å². The molecule has 0 spiro atoms. The first-order valence-electron chi connectivity index (χ1n) is 6.10. The molecule has 5 heteroatoms. The zero-order valence-electron chi connectivity index (χ0n) is 11.3. The molecule has 2 aromatic rings. The van der Waals surface area contributed by atoms with E-state index in [0.29, 0.717) is 17.6 Å². The van der Waals surface area contributed by atoms with E-state index in [0.717, 1.165) is 22.4 Å². The van der Waals surface area contributed by atoms with Crippen molar-refractivity contribution in [3.05, 3.63) is 29.8 Å². The SMILES string of the molecule is COc1ccc(-c2cc(N)nnc2N)cc1C(C)C. The Labute approximate surface area is 112 Å². The van der Waals surface area contributed by atoms with Crippen LogP contribution in [0.5, 0.6) is 5.75 Å². The Bertz CT molecular complexity index is 596. The third kappa shape index (κ3) is 2.59. The predicted molar refractivity (Wildman–Crippen MR) is 76.9 cm³/mol. The van der Waals surface area contributed by atoms with Gasteiger partial charge in [-0.25, -0.2) is 0 Å². The van der Waals surface area contributed by atoms with Crippen LogP contribution in [0.1, 0.15) is 25.3 Å². The summed E-state index contributed by atoms with van der Waals surface area (Å²) in [6, 6.07) is 7.66. The fourth-order valence-electron chi connectivity index (χ4n) is 2.00. The Balaban J connectivity index is 2.57. The number of ether oxygens (including phenoxy) is 1. The summed E-state index contributed by atoms with van der Waals surface area (Å²) in [7, 11) is 1.67. The number of hydrogen-bond acceptors (Lipinski definition) is 5. The van der Waals surface area contributed by atoms with Crippen molar-refractivity contribution in [2.24, 2.45) is 0 Å². The average Bonchev–Trinajstić information content (AvgIpc) is 2.40. The van der Waals surface area contributed by atoms with Gasteiger partial charge in [0.1, 0.15) is 11.6 Å². The van der Waals surface area contributed by atoms with E-state index in [-0.39, 0.29) is 0 Å². The summed E-state index contributed by atoms with van der Waals surface area (Å²) >= 11 is 0. The minimum absolute atomic E-state index is 0.350. The Kier molecular flexibility index (Phi) is 3.55. The van der Waals surface area contributed by atoms with E-state index in [9.17, 15) is 0 Å². The number of nitrogens with two attached hydrogens (primary N) is 2. The van der Waals surface area contributed by atoms with Crippen molar-refractivity contribution >= 4 is 11.6 Å². The Morgan fingerprint density at radius 1 is 1.11 bits per heavy atom. The third-order valence-corrected chi connectivity index (χ3v) is 3.00. The van der Waals surface area contributed by atoms with E-state index < -0.39 is 0 Å². The summed E-state index contributed by atoms with van der Waals surface area (Å²) in [4.78, 5) is 0. The first-order valence-corrected chi connectivity index (χ1v) is 6.10. The molecule has 0 aliphatic carbocycles. The quantitative estimate of drug-likeness (QED) is 0.883. The van der Waals surface area contributed by atoms with Gasteiger partial charge in [0.25, 0.3) is 0 Å². The van der Waals surface area contributed by atoms with Crippen molar-refractivity contribution in [1.29, 1.82) is 0 Å². The van der Waals surface area contributed by atoms with Crippen LogP contribution in [-0.2, 0) is 0 Å². The van der Waals surface area contributed by atoms with Gasteiger partial charge in [0, 0.05) is 5.56 Å². The van der Waals surface area contributed by atoms with Gasteiger partial charge in [-0.3, -0.25) is 0 Å². The molecule has 0 saturated carbocycles. The molecule has 1 aromatic heterocycles. The number of rotatable bonds is 3. The Morgan fingerprint density at radius 3 is 2.47 bits per heavy atom. The van der Waals surface area contributed by atoms with Gasteiger partial charge in [0.05, 0.1) is 7.11 Å². The minimum Gasteiger partial charge on any atom is -0.496 e. The fourth-order valence-corrected chi connectivity index (χ4v) is 2.00. The summed E-state index contributed by atoms with van der Waals surface area (Å²) < 4.78 is 5.37. The molecule has 0 atom stereocenters. The second-order valence-electron chi connectivity index (χ2n) is 4.68. The molecular weight excluding hydrogens is 240 g/mol. The number of nitrogen functional groups attached to an aromatic ring is 2. The monoisotopic (exact) mass is 258 g/mol. The molecule has 1 aromatic carbocycles. The van der Waals surface area contributed by atoms with Crippen LogP contribution in [-0.4, -0.2) is 17.3 Å². The van der Waals surface area contributed by atoms with Gasteiger partial charge in [-0.1, -0.05) is 19.9 Å². The molecule has 0 amide bonds. The van der Waals surface area contributed by atoms with Crippen molar-refractivity contribution in [3.8, 4) is 16.9 Å². The maximum atomic E-state index is 5.86. The fraction of sp³-hybridized carbons (Fsp3) is 0.286. The second-order valence-corrected chi connectivity index (χ2v) is 4.68. The Hall–Kier alpha value is -2.30. The van der Waals surface area contributed by atoms with Gasteiger partial charge in [0.15, 0.2) is 5.82 Å². The third-order valence-electron chi connectivity index (χ3n) is 3.00. The van der Waals surface area contributed by atoms with Gasteiger partial charge < -0.3 is 16.2 Å². The number of aromatic nitrogens is 2.